The first-order chi connectivity index (χ1) is 19.1. The lowest BCUT2D eigenvalue weighted by Gasteiger charge is -2.28. The average molecular weight is 553 g/mol. The molecule has 0 spiro atoms. The van der Waals surface area contributed by atoms with Crippen molar-refractivity contribution in [3.63, 3.8) is 0 Å². The second-order valence-corrected chi connectivity index (χ2v) is 10.0. The fourth-order valence-corrected chi connectivity index (χ4v) is 4.73. The summed E-state index contributed by atoms with van der Waals surface area (Å²) in [5.41, 5.74) is 2.63. The number of hydrogen-bond donors (Lipinski definition) is 4. The van der Waals surface area contributed by atoms with Crippen molar-refractivity contribution in [1.29, 1.82) is 0 Å². The number of carbonyl (C=O) groups excluding carboxylic acids is 1. The number of hydrogen-bond acceptors (Lipinski definition) is 9. The van der Waals surface area contributed by atoms with E-state index in [0.29, 0.717) is 54.8 Å². The minimum absolute atomic E-state index is 0.0209. The normalized spacial score (nSPS) is 17.2. The van der Waals surface area contributed by atoms with Crippen LogP contribution in [0, 0.1) is 11.7 Å². The molecule has 0 unspecified atom stereocenters. The quantitative estimate of drug-likeness (QED) is 0.208. The van der Waals surface area contributed by atoms with Gasteiger partial charge in [0.2, 0.25) is 11.9 Å². The molecule has 1 aliphatic heterocycles. The van der Waals surface area contributed by atoms with Crippen LogP contribution in [0.15, 0.2) is 54.0 Å². The summed E-state index contributed by atoms with van der Waals surface area (Å²) >= 11 is 1.65. The molecule has 4 N–H and O–H groups in total. The zero-order valence-electron chi connectivity index (χ0n) is 21.1. The van der Waals surface area contributed by atoms with E-state index in [0.717, 1.165) is 10.4 Å². The summed E-state index contributed by atoms with van der Waals surface area (Å²) < 4.78 is 25.3. The number of rotatable bonds is 11. The minimum Gasteiger partial charge on any atom is -0.396 e. The molecule has 0 aliphatic carbocycles. The van der Waals surface area contributed by atoms with Gasteiger partial charge in [-0.15, -0.1) is 11.3 Å². The summed E-state index contributed by atoms with van der Waals surface area (Å²) in [6.07, 6.45) is 1.91. The molecule has 1 aliphatic rings. The fourth-order valence-electron chi connectivity index (χ4n) is 4.09. The molecule has 12 heteroatoms. The highest BCUT2D eigenvalue weighted by molar-refractivity contribution is 7.09. The van der Waals surface area contributed by atoms with E-state index in [-0.39, 0.29) is 31.5 Å². The zero-order valence-corrected chi connectivity index (χ0v) is 21.9. The van der Waals surface area contributed by atoms with Gasteiger partial charge >= 0.3 is 0 Å². The Labute approximate surface area is 228 Å². The van der Waals surface area contributed by atoms with Crippen molar-refractivity contribution in [3.8, 4) is 22.6 Å². The Hall–Kier alpha value is -3.71. The maximum Gasteiger partial charge on any atom is 0.227 e. The lowest BCUT2D eigenvalue weighted by Crippen LogP contribution is -2.42. The molecule has 1 saturated heterocycles. The van der Waals surface area contributed by atoms with E-state index in [1.165, 1.54) is 12.1 Å². The smallest absolute Gasteiger partial charge is 0.227 e. The first-order valence-corrected chi connectivity index (χ1v) is 13.5. The predicted molar refractivity (Wildman–Crippen MR) is 144 cm³/mol. The number of nitrogens with one attached hydrogen (secondary N) is 3. The number of thiophene rings is 1. The van der Waals surface area contributed by atoms with Crippen molar-refractivity contribution in [2.75, 3.05) is 31.7 Å². The van der Waals surface area contributed by atoms with Gasteiger partial charge in [0.05, 0.1) is 49.2 Å². The summed E-state index contributed by atoms with van der Waals surface area (Å²) in [4.78, 5) is 30.6. The standard InChI is InChI=1S/C27H29FN6O4S/c28-19-6-4-17(5-7-19)24-25(21-8-10-30-27(32-21)31-14-20-3-1-12-39-20)34-22(33-24)13-23-37-15-18(16-38-23)26(36)29-9-2-11-35/h1,3-8,10,12,18,23,35H,2,9,11,13-16H2,(H,29,36)(H,33,34)(H,30,31,32). The molecule has 0 saturated carbocycles. The molecule has 0 bridgehead atoms. The summed E-state index contributed by atoms with van der Waals surface area (Å²) in [6, 6.07) is 11.9. The van der Waals surface area contributed by atoms with E-state index in [1.54, 1.807) is 35.7 Å². The number of imidazole rings is 1. The molecule has 5 rings (SSSR count). The summed E-state index contributed by atoms with van der Waals surface area (Å²) in [6.45, 7) is 1.48. The van der Waals surface area contributed by atoms with Crippen molar-refractivity contribution >= 4 is 23.2 Å². The van der Waals surface area contributed by atoms with E-state index >= 15 is 0 Å². The first kappa shape index (κ1) is 26.9. The summed E-state index contributed by atoms with van der Waals surface area (Å²) in [5, 5.41) is 16.9. The predicted octanol–water partition coefficient (Wildman–Crippen LogP) is 3.38. The van der Waals surface area contributed by atoms with Crippen molar-refractivity contribution < 1.29 is 23.8 Å². The van der Waals surface area contributed by atoms with Crippen molar-refractivity contribution in [3.05, 3.63) is 70.6 Å². The van der Waals surface area contributed by atoms with Crippen molar-refractivity contribution in [2.24, 2.45) is 5.92 Å². The Morgan fingerprint density at radius 2 is 1.97 bits per heavy atom. The van der Waals surface area contributed by atoms with Gasteiger partial charge in [0.1, 0.15) is 11.6 Å². The molecule has 3 aromatic heterocycles. The van der Waals surface area contributed by atoms with Gasteiger partial charge in [0, 0.05) is 29.8 Å². The third-order valence-electron chi connectivity index (χ3n) is 6.11. The number of carbonyl (C=O) groups is 1. The molecule has 1 amide bonds. The third kappa shape index (κ3) is 7.03. The van der Waals surface area contributed by atoms with Crippen LogP contribution in [-0.2, 0) is 27.2 Å². The molecule has 0 atom stereocenters. The second kappa shape index (κ2) is 12.9. The largest absolute Gasteiger partial charge is 0.396 e. The number of ether oxygens (including phenoxy) is 2. The molecular weight excluding hydrogens is 523 g/mol. The fraction of sp³-hybridized carbons (Fsp3) is 0.333. The van der Waals surface area contributed by atoms with Crippen LogP contribution >= 0.6 is 11.3 Å². The van der Waals surface area contributed by atoms with Gasteiger partial charge in [0.15, 0.2) is 6.29 Å². The molecule has 1 fully saturated rings. The topological polar surface area (TPSA) is 134 Å². The SMILES string of the molecule is O=C(NCCCO)C1COC(Cc2nc(-c3ccc(F)cc3)c(-c3ccnc(NCc4cccs4)n3)[nH]2)OC1. The van der Waals surface area contributed by atoms with E-state index in [2.05, 4.69) is 25.6 Å². The Morgan fingerprint density at radius 3 is 2.72 bits per heavy atom. The number of anilines is 1. The Bertz CT molecular complexity index is 1360. The van der Waals surface area contributed by atoms with Crippen LogP contribution in [0.5, 0.6) is 0 Å². The van der Waals surface area contributed by atoms with Gasteiger partial charge in [0.25, 0.3) is 0 Å². The second-order valence-electron chi connectivity index (χ2n) is 8.98. The van der Waals surface area contributed by atoms with Gasteiger partial charge in [-0.25, -0.2) is 19.3 Å². The van der Waals surface area contributed by atoms with Crippen LogP contribution in [0.3, 0.4) is 0 Å². The van der Waals surface area contributed by atoms with Crippen LogP contribution in [0.1, 0.15) is 17.1 Å². The molecule has 1 aromatic carbocycles. The number of aliphatic hydroxyl groups excluding tert-OH is 1. The van der Waals surface area contributed by atoms with Crippen LogP contribution in [0.25, 0.3) is 22.6 Å². The maximum atomic E-state index is 13.6. The molecule has 39 heavy (non-hydrogen) atoms. The Kier molecular flexibility index (Phi) is 8.89. The van der Waals surface area contributed by atoms with E-state index in [4.69, 9.17) is 19.6 Å². The molecule has 204 valence electrons. The third-order valence-corrected chi connectivity index (χ3v) is 6.99. The Morgan fingerprint density at radius 1 is 1.15 bits per heavy atom. The van der Waals surface area contributed by atoms with Gasteiger partial charge in [-0.3, -0.25) is 4.79 Å². The molecule has 4 aromatic rings. The molecular formula is C27H29FN6O4S. The van der Waals surface area contributed by atoms with Gasteiger partial charge in [-0.05, 0) is 48.2 Å². The molecule has 0 radical (unpaired) electrons. The van der Waals surface area contributed by atoms with Gasteiger partial charge < -0.3 is 30.2 Å². The number of nitrogens with zero attached hydrogens (tertiary/aromatic N) is 3. The zero-order chi connectivity index (χ0) is 27.0. The van der Waals surface area contributed by atoms with E-state index in [9.17, 15) is 9.18 Å². The number of halogens is 1. The van der Waals surface area contributed by atoms with Gasteiger partial charge in [-0.1, -0.05) is 6.07 Å². The number of aliphatic hydroxyl groups is 1. The highest BCUT2D eigenvalue weighted by atomic mass is 32.1. The van der Waals surface area contributed by atoms with Crippen LogP contribution in [-0.4, -0.2) is 63.6 Å². The summed E-state index contributed by atoms with van der Waals surface area (Å²) in [7, 11) is 0. The van der Waals surface area contributed by atoms with Crippen LogP contribution < -0.4 is 10.6 Å². The highest BCUT2D eigenvalue weighted by Crippen LogP contribution is 2.30. The monoisotopic (exact) mass is 552 g/mol. The summed E-state index contributed by atoms with van der Waals surface area (Å²) in [5.74, 6) is 0.171. The van der Waals surface area contributed by atoms with Crippen molar-refractivity contribution in [2.45, 2.75) is 25.7 Å². The maximum absolute atomic E-state index is 13.6. The number of aromatic amines is 1. The number of amides is 1. The molecule has 10 nitrogen and oxygen atoms in total. The van der Waals surface area contributed by atoms with Crippen molar-refractivity contribution in [1.82, 2.24) is 25.3 Å². The minimum atomic E-state index is -0.583. The lowest BCUT2D eigenvalue weighted by molar-refractivity contribution is -0.200. The number of benzene rings is 1. The Balaban J connectivity index is 1.31. The first-order valence-electron chi connectivity index (χ1n) is 12.7. The molecule has 4 heterocycles. The average Bonchev–Trinajstić information content (AvgIpc) is 3.63. The lowest BCUT2D eigenvalue weighted by atomic mass is 10.1. The number of H-pyrrole nitrogens is 1. The van der Waals surface area contributed by atoms with Crippen LogP contribution in [0.2, 0.25) is 0 Å². The van der Waals surface area contributed by atoms with Crippen LogP contribution in [0.4, 0.5) is 10.3 Å². The van der Waals surface area contributed by atoms with Gasteiger partial charge in [-0.2, -0.15) is 0 Å². The number of aromatic nitrogens is 4. The van der Waals surface area contributed by atoms with E-state index in [1.807, 2.05) is 17.5 Å². The van der Waals surface area contributed by atoms with E-state index < -0.39 is 12.2 Å². The highest BCUT2D eigenvalue weighted by Gasteiger charge is 2.28.